The van der Waals surface area contributed by atoms with Gasteiger partial charge in [-0.15, -0.1) is 0 Å². The Morgan fingerprint density at radius 1 is 1.06 bits per heavy atom. The van der Waals surface area contributed by atoms with E-state index in [2.05, 4.69) is 0 Å². The molecule has 6 heteroatoms. The highest BCUT2D eigenvalue weighted by molar-refractivity contribution is 6.13. The van der Waals surface area contributed by atoms with Gasteiger partial charge in [-0.25, -0.2) is 0 Å². The Bertz CT molecular complexity index is 290. The highest BCUT2D eigenvalue weighted by Gasteiger charge is 2.08. The Kier molecular flexibility index (Phi) is 12.7. The van der Waals surface area contributed by atoms with Crippen molar-refractivity contribution in [2.75, 3.05) is 0 Å². The predicted molar refractivity (Wildman–Crippen MR) is 62.4 cm³/mol. The molecule has 0 amide bonds. The highest BCUT2D eigenvalue weighted by Crippen LogP contribution is 2.08. The number of carbonyl (C=O) groups excluding carboxylic acids is 2. The Morgan fingerprint density at radius 3 is 1.44 bits per heavy atom. The van der Waals surface area contributed by atoms with E-state index >= 15 is 0 Å². The molecule has 2 N–H and O–H groups in total. The molecule has 0 bridgehead atoms. The molecule has 91 valence electrons. The van der Waals surface area contributed by atoms with Gasteiger partial charge in [-0.1, -0.05) is 14.9 Å². The van der Waals surface area contributed by atoms with Crippen LogP contribution in [0, 0.1) is 0 Å². The molecule has 1 heterocycles. The summed E-state index contributed by atoms with van der Waals surface area (Å²) in [4.78, 5) is 21.4. The average molecular weight is 229 g/mol. The third kappa shape index (κ3) is 6.97. The van der Waals surface area contributed by atoms with Crippen LogP contribution in [-0.2, 0) is 0 Å². The first-order valence-corrected chi connectivity index (χ1v) is 3.74. The molecule has 0 aliphatic carbocycles. The summed E-state index contributed by atoms with van der Waals surface area (Å²) in [5, 5.41) is 14.0. The zero-order valence-electron chi connectivity index (χ0n) is 7.85. The van der Waals surface area contributed by atoms with Gasteiger partial charge in [0.05, 0.1) is 0 Å². The van der Waals surface area contributed by atoms with Gasteiger partial charge in [0, 0.05) is 13.8 Å². The Morgan fingerprint density at radius 2 is 1.31 bits per heavy atom. The molecule has 0 atom stereocenters. The van der Waals surface area contributed by atoms with Crippen LogP contribution in [-0.4, -0.2) is 29.3 Å². The fraction of sp³-hybridized carbons (Fsp3) is 0.400. The lowest BCUT2D eigenvalue weighted by molar-refractivity contribution is 0.0964. The molecule has 0 aliphatic rings. The van der Waals surface area contributed by atoms with E-state index in [0.29, 0.717) is 0 Å². The van der Waals surface area contributed by atoms with E-state index in [4.69, 9.17) is 14.5 Å². The first kappa shape index (κ1) is 20.1. The van der Waals surface area contributed by atoms with Gasteiger partial charge >= 0.3 is 7.69 Å². The lowest BCUT2D eigenvalue weighted by atomic mass is 10.3. The molecular weight excluding hydrogens is 211 g/mol. The monoisotopic (exact) mass is 229 g/mol. The second-order valence-corrected chi connectivity index (χ2v) is 2.39. The highest BCUT2D eigenvalue weighted by atomic mass is 16.4. The van der Waals surface area contributed by atoms with Crippen LogP contribution in [0.5, 0.6) is 0 Å². The predicted octanol–water partition coefficient (Wildman–Crippen LogP) is 1.46. The maximum atomic E-state index is 10.7. The van der Waals surface area contributed by atoms with E-state index in [1.54, 1.807) is 0 Å². The normalized spacial score (nSPS) is 7.50. The number of Topliss-reactive ketones (excluding diaryl/α,β-unsaturated/α-hetero) is 2. The van der Waals surface area contributed by atoms with Crippen LogP contribution >= 0.6 is 0 Å². The minimum absolute atomic E-state index is 0. The summed E-state index contributed by atoms with van der Waals surface area (Å²) in [6.45, 7) is 2.78. The number of hydrogen-bond acceptors (Lipinski definition) is 5. The molecule has 1 rings (SSSR count). The fourth-order valence-corrected chi connectivity index (χ4v) is 0.716. The largest absolute Gasteiger partial charge is 0.482 e. The van der Waals surface area contributed by atoms with E-state index in [1.807, 2.05) is 0 Å². The van der Waals surface area contributed by atoms with Crippen molar-refractivity contribution in [3.05, 3.63) is 23.7 Å². The van der Waals surface area contributed by atoms with E-state index in [9.17, 15) is 9.59 Å². The van der Waals surface area contributed by atoms with Gasteiger partial charge in [-0.3, -0.25) is 9.59 Å². The molecule has 0 aromatic carbocycles. The maximum absolute atomic E-state index is 10.7. The number of furan rings is 1. The van der Waals surface area contributed by atoms with E-state index < -0.39 is 0 Å². The van der Waals surface area contributed by atoms with E-state index in [0.717, 1.165) is 0 Å². The van der Waals surface area contributed by atoms with Gasteiger partial charge in [0.15, 0.2) is 23.1 Å². The molecule has 0 fully saturated rings. The Labute approximate surface area is 96.4 Å². The van der Waals surface area contributed by atoms with Crippen LogP contribution < -0.4 is 0 Å². The first-order chi connectivity index (χ1) is 6.52. The number of ketones is 2. The second kappa shape index (κ2) is 10.1. The van der Waals surface area contributed by atoms with Crippen LogP contribution in [0.2, 0.25) is 0 Å². The van der Waals surface area contributed by atoms with E-state index in [-0.39, 0.29) is 45.6 Å². The van der Waals surface area contributed by atoms with Gasteiger partial charge < -0.3 is 14.5 Å². The molecule has 0 spiro atoms. The van der Waals surface area contributed by atoms with Crippen molar-refractivity contribution < 1.29 is 24.1 Å². The summed E-state index contributed by atoms with van der Waals surface area (Å²) >= 11 is 0. The molecular formula is C10H18BO5. The third-order valence-electron chi connectivity index (χ3n) is 1.30. The summed E-state index contributed by atoms with van der Waals surface area (Å²) in [5.74, 6) is 0.125. The maximum Gasteiger partial charge on any atom is 0.482 e. The number of hydrogen-bond donors (Lipinski definition) is 2. The van der Waals surface area contributed by atoms with Crippen molar-refractivity contribution in [2.24, 2.45) is 0 Å². The van der Waals surface area contributed by atoms with Gasteiger partial charge in [-0.2, -0.15) is 0 Å². The Balaban J connectivity index is -0.000000306. The molecule has 1 aromatic heterocycles. The molecule has 1 radical (unpaired) electrons. The van der Waals surface area contributed by atoms with Crippen LogP contribution in [0.15, 0.2) is 16.5 Å². The zero-order chi connectivity index (χ0) is 11.1. The third-order valence-corrected chi connectivity index (χ3v) is 1.30. The van der Waals surface area contributed by atoms with Crippen molar-refractivity contribution in [3.8, 4) is 0 Å². The summed E-state index contributed by atoms with van der Waals surface area (Å²) in [6.07, 6.45) is 0. The topological polar surface area (TPSA) is 87.7 Å². The molecule has 0 unspecified atom stereocenters. The second-order valence-electron chi connectivity index (χ2n) is 2.39. The van der Waals surface area contributed by atoms with Crippen molar-refractivity contribution in [2.45, 2.75) is 28.7 Å². The lowest BCUT2D eigenvalue weighted by Crippen LogP contribution is -1.89. The van der Waals surface area contributed by atoms with Crippen LogP contribution in [0.3, 0.4) is 0 Å². The fourth-order valence-electron chi connectivity index (χ4n) is 0.716. The van der Waals surface area contributed by atoms with Gasteiger partial charge in [0.25, 0.3) is 0 Å². The smallest absolute Gasteiger partial charge is 0.450 e. The van der Waals surface area contributed by atoms with Gasteiger partial charge in [-0.05, 0) is 12.1 Å². The van der Waals surface area contributed by atoms with Gasteiger partial charge in [0.1, 0.15) is 0 Å². The van der Waals surface area contributed by atoms with Crippen molar-refractivity contribution in [1.82, 2.24) is 0 Å². The molecule has 0 aliphatic heterocycles. The SMILES string of the molecule is C.C.CC(=O)c1ccc(C(C)=O)o1.O[B]O. The molecule has 16 heavy (non-hydrogen) atoms. The number of rotatable bonds is 2. The van der Waals surface area contributed by atoms with Crippen molar-refractivity contribution >= 4 is 19.3 Å². The van der Waals surface area contributed by atoms with Crippen LogP contribution in [0.25, 0.3) is 0 Å². The molecule has 1 aromatic rings. The summed E-state index contributed by atoms with van der Waals surface area (Å²) in [6, 6.07) is 3.00. The van der Waals surface area contributed by atoms with Gasteiger partial charge in [0.2, 0.25) is 0 Å². The summed E-state index contributed by atoms with van der Waals surface area (Å²) in [7, 11) is 0. The first-order valence-electron chi connectivity index (χ1n) is 3.74. The van der Waals surface area contributed by atoms with Crippen LogP contribution in [0.4, 0.5) is 0 Å². The zero-order valence-corrected chi connectivity index (χ0v) is 7.85. The molecule has 0 saturated heterocycles. The minimum atomic E-state index is -0.169. The standard InChI is InChI=1S/C8H8O3.2CH4.BH2O2/c1-5(9)7-3-4-8(11-7)6(2)10;;;2-1-3/h3-4H,1-2H3;2*1H4;2-3H. The quantitative estimate of drug-likeness (QED) is 0.592. The molecule has 5 nitrogen and oxygen atoms in total. The summed E-state index contributed by atoms with van der Waals surface area (Å²) in [5.41, 5.74) is 0. The lowest BCUT2D eigenvalue weighted by Gasteiger charge is -1.86. The van der Waals surface area contributed by atoms with Crippen molar-refractivity contribution in [3.63, 3.8) is 0 Å². The Hall–Kier alpha value is -1.40. The van der Waals surface area contributed by atoms with Crippen molar-refractivity contribution in [1.29, 1.82) is 0 Å². The molecule has 0 saturated carbocycles. The summed E-state index contributed by atoms with van der Waals surface area (Å²) < 4.78 is 4.91. The minimum Gasteiger partial charge on any atom is -0.450 e. The number of carbonyl (C=O) groups is 2. The van der Waals surface area contributed by atoms with Crippen LogP contribution in [0.1, 0.15) is 49.8 Å². The van der Waals surface area contributed by atoms with E-state index in [1.165, 1.54) is 26.0 Å². The average Bonchev–Trinajstić information content (AvgIpc) is 2.53.